The Morgan fingerprint density at radius 3 is 2.35 bits per heavy atom. The van der Waals surface area contributed by atoms with Gasteiger partial charge in [0.1, 0.15) is 17.7 Å². The summed E-state index contributed by atoms with van der Waals surface area (Å²) in [5, 5.41) is 11.9. The summed E-state index contributed by atoms with van der Waals surface area (Å²) in [4.78, 5) is 49.2. The summed E-state index contributed by atoms with van der Waals surface area (Å²) in [5.74, 6) is -2.04. The van der Waals surface area contributed by atoms with Crippen LogP contribution in [0.15, 0.2) is 0 Å². The minimum absolute atomic E-state index is 0.0439. The summed E-state index contributed by atoms with van der Waals surface area (Å²) in [6, 6.07) is 0. The number of carbonyl (C=O) groups is 3. The molecule has 2 rings (SSSR count). The molecule has 0 unspecified atom stereocenters. The molecule has 12 heteroatoms. The number of ether oxygens (including phenoxy) is 4. The van der Waals surface area contributed by atoms with Crippen LogP contribution >= 0.6 is 0 Å². The molecule has 2 heterocycles. The lowest BCUT2D eigenvalue weighted by molar-refractivity contribution is -0.771. The summed E-state index contributed by atoms with van der Waals surface area (Å²) in [6.45, 7) is 3.26. The van der Waals surface area contributed by atoms with E-state index in [-0.39, 0.29) is 13.2 Å². The fourth-order valence-corrected chi connectivity index (χ4v) is 2.90. The van der Waals surface area contributed by atoms with Gasteiger partial charge in [0, 0.05) is 6.92 Å². The first-order chi connectivity index (χ1) is 12.1. The number of hydrogen-bond acceptors (Lipinski definition) is 10. The zero-order valence-corrected chi connectivity index (χ0v) is 14.5. The zero-order chi connectivity index (χ0) is 19.5. The third-order valence-electron chi connectivity index (χ3n) is 4.61. The number of amides is 1. The van der Waals surface area contributed by atoms with Crippen LogP contribution in [0.2, 0.25) is 0 Å². The molecule has 0 aromatic heterocycles. The fraction of sp³-hybridized carbons (Fsp3) is 0.786. The monoisotopic (exact) mass is 376 g/mol. The second kappa shape index (κ2) is 7.41. The van der Waals surface area contributed by atoms with E-state index < -0.39 is 59.5 Å². The van der Waals surface area contributed by atoms with Gasteiger partial charge in [-0.2, -0.15) is 0 Å². The van der Waals surface area contributed by atoms with Crippen LogP contribution in [0.25, 0.3) is 0 Å². The predicted molar refractivity (Wildman–Crippen MR) is 80.1 cm³/mol. The Morgan fingerprint density at radius 1 is 1.19 bits per heavy atom. The van der Waals surface area contributed by atoms with Gasteiger partial charge in [-0.3, -0.25) is 14.4 Å². The smallest absolute Gasteiger partial charge is 0.325 e. The Kier molecular flexibility index (Phi) is 5.66. The summed E-state index contributed by atoms with van der Waals surface area (Å²) in [5.41, 5.74) is -2.32. The average molecular weight is 376 g/mol. The number of fused-ring (bicyclic) bond motifs is 1. The molecule has 1 amide bonds. The van der Waals surface area contributed by atoms with Gasteiger partial charge in [-0.15, -0.1) is 10.1 Å². The second-order valence-corrected chi connectivity index (χ2v) is 6.19. The van der Waals surface area contributed by atoms with Gasteiger partial charge in [0.2, 0.25) is 0 Å². The van der Waals surface area contributed by atoms with Crippen molar-refractivity contribution in [3.8, 4) is 0 Å². The van der Waals surface area contributed by atoms with Crippen molar-refractivity contribution < 1.29 is 43.3 Å². The maximum absolute atomic E-state index is 11.9. The van der Waals surface area contributed by atoms with Crippen molar-refractivity contribution in [2.75, 3.05) is 26.4 Å². The van der Waals surface area contributed by atoms with Gasteiger partial charge in [0.15, 0.2) is 18.8 Å². The lowest BCUT2D eigenvalue weighted by Crippen LogP contribution is -2.55. The molecule has 0 aliphatic carbocycles. The topological polar surface area (TPSA) is 153 Å². The molecule has 0 aromatic rings. The standard InChI is InChI=1S/C14H20N2O10/c1-8(17)22-7-11(18)15-4-12(19)25-9-5-23-14(3)10(26-16(20)21)6-24-13(9,14)2/h9-10H,4-7H2,1-3H3,(H,15,18)/t9-,10+,13+,14+/m0/s1. The molecule has 2 saturated heterocycles. The van der Waals surface area contributed by atoms with Crippen LogP contribution in [0, 0.1) is 10.1 Å². The Bertz CT molecular complexity index is 611. The van der Waals surface area contributed by atoms with Crippen molar-refractivity contribution >= 4 is 17.8 Å². The first kappa shape index (κ1) is 19.8. The second-order valence-electron chi connectivity index (χ2n) is 6.19. The van der Waals surface area contributed by atoms with Crippen LogP contribution in [0.5, 0.6) is 0 Å². The van der Waals surface area contributed by atoms with Crippen LogP contribution < -0.4 is 5.32 Å². The largest absolute Gasteiger partial charge is 0.456 e. The number of esters is 2. The van der Waals surface area contributed by atoms with Crippen molar-refractivity contribution in [2.24, 2.45) is 0 Å². The molecule has 26 heavy (non-hydrogen) atoms. The molecule has 2 fully saturated rings. The first-order valence-electron chi connectivity index (χ1n) is 7.77. The van der Waals surface area contributed by atoms with Crippen molar-refractivity contribution in [3.63, 3.8) is 0 Å². The third-order valence-corrected chi connectivity index (χ3v) is 4.61. The molecular weight excluding hydrogens is 356 g/mol. The summed E-state index contributed by atoms with van der Waals surface area (Å²) < 4.78 is 21.0. The Hall–Kier alpha value is -2.47. The van der Waals surface area contributed by atoms with Gasteiger partial charge in [-0.05, 0) is 13.8 Å². The van der Waals surface area contributed by atoms with Crippen molar-refractivity contribution in [2.45, 2.75) is 44.2 Å². The summed E-state index contributed by atoms with van der Waals surface area (Å²) >= 11 is 0. The number of hydrogen-bond donors (Lipinski definition) is 1. The molecule has 2 aliphatic heterocycles. The fourth-order valence-electron chi connectivity index (χ4n) is 2.90. The Labute approximate surface area is 148 Å². The van der Waals surface area contributed by atoms with Gasteiger partial charge in [-0.1, -0.05) is 0 Å². The van der Waals surface area contributed by atoms with Crippen LogP contribution in [0.4, 0.5) is 0 Å². The van der Waals surface area contributed by atoms with E-state index in [1.807, 2.05) is 0 Å². The molecule has 146 valence electrons. The van der Waals surface area contributed by atoms with Gasteiger partial charge in [0.25, 0.3) is 11.0 Å². The SMILES string of the molecule is CC(=O)OCC(=O)NCC(=O)O[C@H]1CO[C@]2(C)[C@H](O[N+](=O)[O-])CO[C@]12C. The van der Waals surface area contributed by atoms with E-state index in [1.54, 1.807) is 13.8 Å². The number of nitrogens with one attached hydrogen (secondary N) is 1. The Morgan fingerprint density at radius 2 is 1.77 bits per heavy atom. The molecule has 0 spiro atoms. The van der Waals surface area contributed by atoms with E-state index in [9.17, 15) is 24.5 Å². The zero-order valence-electron chi connectivity index (χ0n) is 14.5. The molecule has 12 nitrogen and oxygen atoms in total. The molecule has 4 atom stereocenters. The first-order valence-corrected chi connectivity index (χ1v) is 7.77. The average Bonchev–Trinajstić information content (AvgIpc) is 2.94. The maximum Gasteiger partial charge on any atom is 0.325 e. The van der Waals surface area contributed by atoms with Gasteiger partial charge in [0.05, 0.1) is 13.2 Å². The minimum atomic E-state index is -1.18. The van der Waals surface area contributed by atoms with Gasteiger partial charge >= 0.3 is 11.9 Å². The summed E-state index contributed by atoms with van der Waals surface area (Å²) in [7, 11) is 0. The van der Waals surface area contributed by atoms with E-state index in [1.165, 1.54) is 0 Å². The van der Waals surface area contributed by atoms with E-state index in [0.29, 0.717) is 0 Å². The van der Waals surface area contributed by atoms with Crippen LogP contribution in [-0.4, -0.2) is 72.7 Å². The highest BCUT2D eigenvalue weighted by Crippen LogP contribution is 2.48. The third kappa shape index (κ3) is 3.85. The normalized spacial score (nSPS) is 32.4. The molecule has 0 radical (unpaired) electrons. The van der Waals surface area contributed by atoms with Crippen LogP contribution in [0.3, 0.4) is 0 Å². The lowest BCUT2D eigenvalue weighted by Gasteiger charge is -2.35. The van der Waals surface area contributed by atoms with E-state index in [4.69, 9.17) is 14.2 Å². The van der Waals surface area contributed by atoms with Crippen molar-refractivity contribution in [1.82, 2.24) is 5.32 Å². The molecule has 0 saturated carbocycles. The summed E-state index contributed by atoms with van der Waals surface area (Å²) in [6.07, 6.45) is -1.81. The molecule has 0 aromatic carbocycles. The van der Waals surface area contributed by atoms with Gasteiger partial charge < -0.3 is 29.1 Å². The minimum Gasteiger partial charge on any atom is -0.456 e. The van der Waals surface area contributed by atoms with Crippen LogP contribution in [0.1, 0.15) is 20.8 Å². The van der Waals surface area contributed by atoms with Crippen molar-refractivity contribution in [1.29, 1.82) is 0 Å². The number of rotatable bonds is 7. The van der Waals surface area contributed by atoms with E-state index >= 15 is 0 Å². The quantitative estimate of drug-likeness (QED) is 0.323. The van der Waals surface area contributed by atoms with E-state index in [2.05, 4.69) is 14.9 Å². The predicted octanol–water partition coefficient (Wildman–Crippen LogP) is -1.27. The lowest BCUT2D eigenvalue weighted by atomic mass is 9.82. The number of carbonyl (C=O) groups excluding carboxylic acids is 3. The highest BCUT2D eigenvalue weighted by atomic mass is 17.0. The molecule has 2 aliphatic rings. The molecule has 0 bridgehead atoms. The highest BCUT2D eigenvalue weighted by molar-refractivity contribution is 5.84. The number of nitrogens with zero attached hydrogens (tertiary/aromatic N) is 1. The molecule has 1 N–H and O–H groups in total. The maximum atomic E-state index is 11.9. The molecular formula is C14H20N2O10. The van der Waals surface area contributed by atoms with E-state index in [0.717, 1.165) is 6.92 Å². The Balaban J connectivity index is 1.89. The highest BCUT2D eigenvalue weighted by Gasteiger charge is 2.68. The van der Waals surface area contributed by atoms with Crippen LogP contribution in [-0.2, 0) is 38.2 Å². The van der Waals surface area contributed by atoms with Crippen molar-refractivity contribution in [3.05, 3.63) is 10.1 Å². The van der Waals surface area contributed by atoms with Gasteiger partial charge in [-0.25, -0.2) is 0 Å².